The van der Waals surface area contributed by atoms with Gasteiger partial charge < -0.3 is 5.32 Å². The standard InChI is InChI=1S/C12H13N3O2/c1-9(2)5-6-14-11-4-3-10(8-13)12(7-11)15(16)17/h3-5,7,14H,6H2,1-2H3. The smallest absolute Gasteiger partial charge is 0.289 e. The quantitative estimate of drug-likeness (QED) is 0.491. The molecule has 88 valence electrons. The molecular weight excluding hydrogens is 218 g/mol. The second kappa shape index (κ2) is 5.66. The van der Waals surface area contributed by atoms with Crippen molar-refractivity contribution < 1.29 is 4.92 Å². The zero-order valence-corrected chi connectivity index (χ0v) is 9.73. The molecule has 17 heavy (non-hydrogen) atoms. The number of hydrogen-bond acceptors (Lipinski definition) is 4. The van der Waals surface area contributed by atoms with Crippen LogP contribution in [0.25, 0.3) is 0 Å². The lowest BCUT2D eigenvalue weighted by Gasteiger charge is -2.04. The molecule has 5 nitrogen and oxygen atoms in total. The predicted octanol–water partition coefficient (Wildman–Crippen LogP) is 2.84. The summed E-state index contributed by atoms with van der Waals surface area (Å²) in [5, 5.41) is 22.5. The van der Waals surface area contributed by atoms with Crippen molar-refractivity contribution in [3.63, 3.8) is 0 Å². The fraction of sp³-hybridized carbons (Fsp3) is 0.250. The van der Waals surface area contributed by atoms with Gasteiger partial charge in [-0.2, -0.15) is 5.26 Å². The number of rotatable bonds is 4. The van der Waals surface area contributed by atoms with E-state index in [9.17, 15) is 10.1 Å². The van der Waals surface area contributed by atoms with Crippen molar-refractivity contribution >= 4 is 11.4 Å². The molecular formula is C12H13N3O2. The topological polar surface area (TPSA) is 79.0 Å². The zero-order chi connectivity index (χ0) is 12.8. The minimum atomic E-state index is -0.551. The molecule has 0 saturated carbocycles. The molecule has 0 saturated heterocycles. The Morgan fingerprint density at radius 3 is 2.82 bits per heavy atom. The maximum atomic E-state index is 10.7. The Kier molecular flexibility index (Phi) is 4.23. The molecule has 0 radical (unpaired) electrons. The Balaban J connectivity index is 2.90. The van der Waals surface area contributed by atoms with E-state index >= 15 is 0 Å². The van der Waals surface area contributed by atoms with Gasteiger partial charge in [-0.25, -0.2) is 0 Å². The molecule has 0 aromatic heterocycles. The van der Waals surface area contributed by atoms with E-state index in [1.165, 1.54) is 17.7 Å². The van der Waals surface area contributed by atoms with E-state index in [1.807, 2.05) is 19.9 Å². The number of nitriles is 1. The first-order valence-corrected chi connectivity index (χ1v) is 5.10. The molecule has 0 bridgehead atoms. The predicted molar refractivity (Wildman–Crippen MR) is 65.7 cm³/mol. The largest absolute Gasteiger partial charge is 0.381 e. The molecule has 0 amide bonds. The van der Waals surface area contributed by atoms with Gasteiger partial charge in [0.2, 0.25) is 0 Å². The first-order chi connectivity index (χ1) is 8.04. The van der Waals surface area contributed by atoms with E-state index < -0.39 is 4.92 Å². The number of nitro groups is 1. The summed E-state index contributed by atoms with van der Waals surface area (Å²) < 4.78 is 0. The summed E-state index contributed by atoms with van der Waals surface area (Å²) in [4.78, 5) is 10.2. The number of hydrogen-bond donors (Lipinski definition) is 1. The van der Waals surface area contributed by atoms with Crippen molar-refractivity contribution in [1.29, 1.82) is 5.26 Å². The zero-order valence-electron chi connectivity index (χ0n) is 9.73. The van der Waals surface area contributed by atoms with E-state index in [4.69, 9.17) is 5.26 Å². The lowest BCUT2D eigenvalue weighted by molar-refractivity contribution is -0.385. The lowest BCUT2D eigenvalue weighted by atomic mass is 10.2. The van der Waals surface area contributed by atoms with Crippen molar-refractivity contribution in [2.45, 2.75) is 13.8 Å². The van der Waals surface area contributed by atoms with Crippen LogP contribution in [0.2, 0.25) is 0 Å². The van der Waals surface area contributed by atoms with Gasteiger partial charge in [-0.1, -0.05) is 11.6 Å². The number of allylic oxidation sites excluding steroid dienone is 1. The van der Waals surface area contributed by atoms with E-state index in [2.05, 4.69) is 5.32 Å². The number of benzene rings is 1. The summed E-state index contributed by atoms with van der Waals surface area (Å²) in [7, 11) is 0. The van der Waals surface area contributed by atoms with Gasteiger partial charge in [-0.05, 0) is 26.0 Å². The van der Waals surface area contributed by atoms with Crippen molar-refractivity contribution in [2.24, 2.45) is 0 Å². The van der Waals surface area contributed by atoms with Crippen LogP contribution in [0.3, 0.4) is 0 Å². The highest BCUT2D eigenvalue weighted by Gasteiger charge is 2.13. The Bertz CT molecular complexity index is 497. The van der Waals surface area contributed by atoms with Gasteiger partial charge in [0.25, 0.3) is 5.69 Å². The Morgan fingerprint density at radius 2 is 2.29 bits per heavy atom. The summed E-state index contributed by atoms with van der Waals surface area (Å²) in [6, 6.07) is 6.27. The highest BCUT2D eigenvalue weighted by atomic mass is 16.6. The monoisotopic (exact) mass is 231 g/mol. The molecule has 0 fully saturated rings. The van der Waals surface area contributed by atoms with Crippen LogP contribution < -0.4 is 5.32 Å². The Morgan fingerprint density at radius 1 is 1.59 bits per heavy atom. The average Bonchev–Trinajstić information content (AvgIpc) is 2.28. The molecule has 0 spiro atoms. The highest BCUT2D eigenvalue weighted by Crippen LogP contribution is 2.22. The molecule has 0 unspecified atom stereocenters. The molecule has 5 heteroatoms. The van der Waals surface area contributed by atoms with Gasteiger partial charge in [0.1, 0.15) is 11.6 Å². The first kappa shape index (κ1) is 12.7. The summed E-state index contributed by atoms with van der Waals surface area (Å²) in [5.41, 5.74) is 1.70. The van der Waals surface area contributed by atoms with Gasteiger partial charge in [0.15, 0.2) is 0 Å². The van der Waals surface area contributed by atoms with Gasteiger partial charge in [0.05, 0.1) is 4.92 Å². The van der Waals surface area contributed by atoms with Crippen LogP contribution in [0.5, 0.6) is 0 Å². The summed E-state index contributed by atoms with van der Waals surface area (Å²) in [6.07, 6.45) is 1.98. The number of nitro benzene ring substituents is 1. The third-order valence-corrected chi connectivity index (χ3v) is 2.13. The molecule has 1 aromatic carbocycles. The molecule has 0 aliphatic heterocycles. The van der Waals surface area contributed by atoms with Crippen molar-refractivity contribution in [3.05, 3.63) is 45.5 Å². The fourth-order valence-corrected chi connectivity index (χ4v) is 1.26. The van der Waals surface area contributed by atoms with Crippen LogP contribution in [0, 0.1) is 21.4 Å². The summed E-state index contributed by atoms with van der Waals surface area (Å²) in [6.45, 7) is 4.55. The van der Waals surface area contributed by atoms with Crippen LogP contribution in [0.4, 0.5) is 11.4 Å². The number of nitrogens with zero attached hydrogens (tertiary/aromatic N) is 2. The molecule has 0 aliphatic carbocycles. The van der Waals surface area contributed by atoms with E-state index in [1.54, 1.807) is 12.1 Å². The third kappa shape index (κ3) is 3.61. The van der Waals surface area contributed by atoms with Gasteiger partial charge in [0, 0.05) is 18.3 Å². The van der Waals surface area contributed by atoms with Gasteiger partial charge in [-0.3, -0.25) is 10.1 Å². The highest BCUT2D eigenvalue weighted by molar-refractivity contribution is 5.59. The summed E-state index contributed by atoms with van der Waals surface area (Å²) >= 11 is 0. The van der Waals surface area contributed by atoms with E-state index in [0.29, 0.717) is 12.2 Å². The van der Waals surface area contributed by atoms with E-state index in [-0.39, 0.29) is 11.3 Å². The molecule has 0 atom stereocenters. The van der Waals surface area contributed by atoms with Gasteiger partial charge >= 0.3 is 0 Å². The van der Waals surface area contributed by atoms with Crippen molar-refractivity contribution in [2.75, 3.05) is 11.9 Å². The maximum Gasteiger partial charge on any atom is 0.289 e. The number of nitrogens with one attached hydrogen (secondary N) is 1. The molecule has 1 aromatic rings. The van der Waals surface area contributed by atoms with Gasteiger partial charge in [-0.15, -0.1) is 0 Å². The normalized spacial score (nSPS) is 9.24. The Hall–Kier alpha value is -2.35. The fourth-order valence-electron chi connectivity index (χ4n) is 1.26. The van der Waals surface area contributed by atoms with Crippen molar-refractivity contribution in [1.82, 2.24) is 0 Å². The Labute approximate surface area is 99.5 Å². The lowest BCUT2D eigenvalue weighted by Crippen LogP contribution is -2.00. The van der Waals surface area contributed by atoms with Crippen molar-refractivity contribution in [3.8, 4) is 6.07 Å². The minimum Gasteiger partial charge on any atom is -0.381 e. The maximum absolute atomic E-state index is 10.7. The second-order valence-corrected chi connectivity index (χ2v) is 3.76. The number of anilines is 1. The molecule has 1 rings (SSSR count). The molecule has 1 N–H and O–H groups in total. The third-order valence-electron chi connectivity index (χ3n) is 2.13. The molecule has 0 heterocycles. The second-order valence-electron chi connectivity index (χ2n) is 3.76. The SMILES string of the molecule is CC(C)=CCNc1ccc(C#N)c([N+](=O)[O-])c1. The van der Waals surface area contributed by atoms with Crippen LogP contribution in [0.15, 0.2) is 29.8 Å². The van der Waals surface area contributed by atoms with Crippen LogP contribution >= 0.6 is 0 Å². The molecule has 0 aliphatic rings. The minimum absolute atomic E-state index is 0.0720. The van der Waals surface area contributed by atoms with E-state index in [0.717, 1.165) is 0 Å². The average molecular weight is 231 g/mol. The van der Waals surface area contributed by atoms with Crippen LogP contribution in [-0.2, 0) is 0 Å². The first-order valence-electron chi connectivity index (χ1n) is 5.10. The summed E-state index contributed by atoms with van der Waals surface area (Å²) in [5.74, 6) is 0. The van der Waals surface area contributed by atoms with Crippen LogP contribution in [0.1, 0.15) is 19.4 Å². The van der Waals surface area contributed by atoms with Crippen LogP contribution in [-0.4, -0.2) is 11.5 Å².